The Kier molecular flexibility index (Phi) is 5.81. The first-order valence-electron chi connectivity index (χ1n) is 6.38. The van der Waals surface area contributed by atoms with E-state index in [1.807, 2.05) is 0 Å². The van der Waals surface area contributed by atoms with E-state index in [-0.39, 0.29) is 12.6 Å². The molecule has 6 heteroatoms. The van der Waals surface area contributed by atoms with Crippen LogP contribution in [-0.2, 0) is 16.2 Å². The average Bonchev–Trinajstić information content (AvgIpc) is 2.53. The molecule has 0 aliphatic carbocycles. The molecule has 0 saturated carbocycles. The van der Waals surface area contributed by atoms with Crippen LogP contribution < -0.4 is 0 Å². The molecule has 0 aromatic heterocycles. The first-order chi connectivity index (χ1) is 10.6. The molecular weight excluding hydrogens is 325 g/mol. The van der Waals surface area contributed by atoms with E-state index < -0.39 is 0 Å². The van der Waals surface area contributed by atoms with E-state index in [0.717, 1.165) is 5.56 Å². The molecule has 114 valence electrons. The van der Waals surface area contributed by atoms with Crippen molar-refractivity contribution in [1.29, 1.82) is 0 Å². The van der Waals surface area contributed by atoms with Crippen LogP contribution in [0.4, 0.5) is 0 Å². The number of nitrogens with zero attached hydrogens (tertiary/aromatic N) is 1. The van der Waals surface area contributed by atoms with Gasteiger partial charge in [-0.1, -0.05) is 46.6 Å². The fraction of sp³-hybridized carbons (Fsp3) is 0.125. The first-order valence-corrected chi connectivity index (χ1v) is 7.13. The molecule has 22 heavy (non-hydrogen) atoms. The van der Waals surface area contributed by atoms with E-state index in [0.29, 0.717) is 21.2 Å². The highest BCUT2D eigenvalue weighted by atomic mass is 35.5. The number of hydrogen-bond donors (Lipinski definition) is 0. The van der Waals surface area contributed by atoms with Crippen molar-refractivity contribution in [1.82, 2.24) is 0 Å². The minimum atomic E-state index is -0.372. The Morgan fingerprint density at radius 1 is 1.18 bits per heavy atom. The maximum absolute atomic E-state index is 11.3. The number of rotatable bonds is 5. The second-order valence-corrected chi connectivity index (χ2v) is 5.21. The fourth-order valence-electron chi connectivity index (χ4n) is 1.67. The molecule has 2 rings (SSSR count). The van der Waals surface area contributed by atoms with Crippen LogP contribution in [0.2, 0.25) is 10.0 Å². The van der Waals surface area contributed by atoms with E-state index in [1.54, 1.807) is 42.5 Å². The molecule has 0 fully saturated rings. The van der Waals surface area contributed by atoms with E-state index >= 15 is 0 Å². The van der Waals surface area contributed by atoms with Crippen molar-refractivity contribution in [3.05, 3.63) is 69.2 Å². The summed E-state index contributed by atoms with van der Waals surface area (Å²) in [6.45, 7) is 0.281. The van der Waals surface area contributed by atoms with Gasteiger partial charge in [0.1, 0.15) is 6.61 Å². The molecular formula is C16H13Cl2NO3. The Hall–Kier alpha value is -2.04. The number of carbonyl (C=O) groups excluding carboxylic acids is 1. The molecule has 0 spiro atoms. The molecule has 0 unspecified atom stereocenters. The van der Waals surface area contributed by atoms with Gasteiger partial charge in [-0.3, -0.25) is 0 Å². The van der Waals surface area contributed by atoms with Crippen LogP contribution in [-0.4, -0.2) is 19.3 Å². The molecule has 2 aromatic carbocycles. The minimum Gasteiger partial charge on any atom is -0.465 e. The first kappa shape index (κ1) is 16.3. The third-order valence-corrected chi connectivity index (χ3v) is 3.40. The molecule has 4 nitrogen and oxygen atoms in total. The van der Waals surface area contributed by atoms with Crippen LogP contribution >= 0.6 is 23.2 Å². The van der Waals surface area contributed by atoms with Gasteiger partial charge in [0.15, 0.2) is 0 Å². The van der Waals surface area contributed by atoms with Crippen LogP contribution in [0.3, 0.4) is 0 Å². The lowest BCUT2D eigenvalue weighted by Gasteiger charge is -2.02. The Balaban J connectivity index is 1.90. The number of benzene rings is 2. The molecule has 0 saturated heterocycles. The molecule has 0 radical (unpaired) electrons. The normalized spacial score (nSPS) is 10.7. The van der Waals surface area contributed by atoms with Gasteiger partial charge in [0, 0.05) is 10.6 Å². The molecule has 0 heterocycles. The quantitative estimate of drug-likeness (QED) is 0.463. The maximum atomic E-state index is 11.3. The maximum Gasteiger partial charge on any atom is 0.337 e. The number of hydrogen-bond acceptors (Lipinski definition) is 4. The second kappa shape index (κ2) is 7.82. The van der Waals surface area contributed by atoms with Gasteiger partial charge in [-0.15, -0.1) is 0 Å². The molecule has 0 bridgehead atoms. The van der Waals surface area contributed by atoms with Crippen LogP contribution in [0, 0.1) is 0 Å². The lowest BCUT2D eigenvalue weighted by molar-refractivity contribution is 0.0600. The third-order valence-electron chi connectivity index (χ3n) is 2.84. The summed E-state index contributed by atoms with van der Waals surface area (Å²) in [6, 6.07) is 12.0. The van der Waals surface area contributed by atoms with Crippen LogP contribution in [0.5, 0.6) is 0 Å². The molecule has 0 aliphatic heterocycles. The number of oxime groups is 1. The van der Waals surface area contributed by atoms with Gasteiger partial charge in [0.2, 0.25) is 0 Å². The summed E-state index contributed by atoms with van der Waals surface area (Å²) < 4.78 is 4.63. The largest absolute Gasteiger partial charge is 0.465 e. The van der Waals surface area contributed by atoms with Crippen LogP contribution in [0.25, 0.3) is 0 Å². The smallest absolute Gasteiger partial charge is 0.337 e. The molecule has 0 amide bonds. The SMILES string of the molecule is COC(=O)c1ccc(CO/N=C/c2ccc(Cl)cc2Cl)cc1. The van der Waals surface area contributed by atoms with E-state index in [2.05, 4.69) is 9.89 Å². The number of ether oxygens (including phenoxy) is 1. The number of methoxy groups -OCH3 is 1. The predicted octanol–water partition coefficient (Wildman–Crippen LogP) is 4.33. The lowest BCUT2D eigenvalue weighted by atomic mass is 10.1. The predicted molar refractivity (Wildman–Crippen MR) is 86.6 cm³/mol. The fourth-order valence-corrected chi connectivity index (χ4v) is 2.12. The van der Waals surface area contributed by atoms with Gasteiger partial charge in [0.05, 0.1) is 23.9 Å². The average molecular weight is 338 g/mol. The van der Waals surface area contributed by atoms with Gasteiger partial charge >= 0.3 is 5.97 Å². The Labute approximate surface area is 138 Å². The van der Waals surface area contributed by atoms with Crippen LogP contribution in [0.15, 0.2) is 47.6 Å². The summed E-state index contributed by atoms with van der Waals surface area (Å²) in [5.41, 5.74) is 2.09. The number of esters is 1. The van der Waals surface area contributed by atoms with Gasteiger partial charge in [-0.2, -0.15) is 0 Å². The standard InChI is InChI=1S/C16H13Cl2NO3/c1-21-16(20)12-4-2-11(3-5-12)10-22-19-9-13-6-7-14(17)8-15(13)18/h2-9H,10H2,1H3/b19-9+. The summed E-state index contributed by atoms with van der Waals surface area (Å²) in [7, 11) is 1.34. The van der Waals surface area contributed by atoms with Gasteiger partial charge in [-0.25, -0.2) is 4.79 Å². The Morgan fingerprint density at radius 2 is 1.91 bits per heavy atom. The van der Waals surface area contributed by atoms with E-state index in [4.69, 9.17) is 28.0 Å². The molecule has 0 atom stereocenters. The molecule has 0 N–H and O–H groups in total. The molecule has 0 aliphatic rings. The van der Waals surface area contributed by atoms with Crippen molar-refractivity contribution in [2.75, 3.05) is 7.11 Å². The third kappa shape index (κ3) is 4.48. The Morgan fingerprint density at radius 3 is 2.55 bits per heavy atom. The Bertz CT molecular complexity index is 684. The summed E-state index contributed by atoms with van der Waals surface area (Å²) >= 11 is 11.8. The minimum absolute atomic E-state index is 0.281. The van der Waals surface area contributed by atoms with Crippen molar-refractivity contribution < 1.29 is 14.4 Å². The summed E-state index contributed by atoms with van der Waals surface area (Å²) in [6.07, 6.45) is 1.52. The van der Waals surface area contributed by atoms with E-state index in [1.165, 1.54) is 13.3 Å². The second-order valence-electron chi connectivity index (χ2n) is 4.36. The zero-order valence-electron chi connectivity index (χ0n) is 11.8. The lowest BCUT2D eigenvalue weighted by Crippen LogP contribution is -2.01. The van der Waals surface area contributed by atoms with Crippen molar-refractivity contribution in [2.24, 2.45) is 5.16 Å². The highest BCUT2D eigenvalue weighted by molar-refractivity contribution is 6.36. The zero-order chi connectivity index (χ0) is 15.9. The van der Waals surface area contributed by atoms with Crippen molar-refractivity contribution in [2.45, 2.75) is 6.61 Å². The van der Waals surface area contributed by atoms with Gasteiger partial charge in [0.25, 0.3) is 0 Å². The van der Waals surface area contributed by atoms with Gasteiger partial charge < -0.3 is 9.57 Å². The van der Waals surface area contributed by atoms with Crippen LogP contribution in [0.1, 0.15) is 21.5 Å². The van der Waals surface area contributed by atoms with E-state index in [9.17, 15) is 4.79 Å². The highest BCUT2D eigenvalue weighted by Crippen LogP contribution is 2.19. The number of halogens is 2. The van der Waals surface area contributed by atoms with Crippen molar-refractivity contribution in [3.8, 4) is 0 Å². The number of carbonyl (C=O) groups is 1. The highest BCUT2D eigenvalue weighted by Gasteiger charge is 2.04. The summed E-state index contributed by atoms with van der Waals surface area (Å²) in [5, 5.41) is 4.92. The summed E-state index contributed by atoms with van der Waals surface area (Å²) in [4.78, 5) is 16.5. The van der Waals surface area contributed by atoms with Gasteiger partial charge in [-0.05, 0) is 29.8 Å². The topological polar surface area (TPSA) is 47.9 Å². The van der Waals surface area contributed by atoms with Crippen molar-refractivity contribution in [3.63, 3.8) is 0 Å². The monoisotopic (exact) mass is 337 g/mol. The van der Waals surface area contributed by atoms with Crippen molar-refractivity contribution >= 4 is 35.4 Å². The molecule has 2 aromatic rings. The zero-order valence-corrected chi connectivity index (χ0v) is 13.3. The summed E-state index contributed by atoms with van der Waals surface area (Å²) in [5.74, 6) is -0.372.